The molecule has 1 saturated carbocycles. The average Bonchev–Trinajstić information content (AvgIpc) is 3.07. The summed E-state index contributed by atoms with van der Waals surface area (Å²) in [6, 6.07) is 0. The SMILES string of the molecule is O=C(CCC1CCNC1)N1CCC2(CCCCC2)C1. The van der Waals surface area contributed by atoms with Gasteiger partial charge in [-0.25, -0.2) is 0 Å². The van der Waals surface area contributed by atoms with Gasteiger partial charge in [-0.15, -0.1) is 0 Å². The molecule has 0 aromatic carbocycles. The van der Waals surface area contributed by atoms with Gasteiger partial charge in [0.2, 0.25) is 5.91 Å². The summed E-state index contributed by atoms with van der Waals surface area (Å²) in [5.74, 6) is 1.17. The Bertz CT molecular complexity index is 317. The molecule has 3 nitrogen and oxygen atoms in total. The first-order valence-corrected chi connectivity index (χ1v) is 8.26. The predicted octanol–water partition coefficient (Wildman–Crippen LogP) is 2.56. The van der Waals surface area contributed by atoms with E-state index in [-0.39, 0.29) is 0 Å². The fourth-order valence-corrected chi connectivity index (χ4v) is 4.30. The average molecular weight is 264 g/mol. The minimum absolute atomic E-state index is 0.425. The van der Waals surface area contributed by atoms with E-state index in [4.69, 9.17) is 0 Å². The normalized spacial score (nSPS) is 30.1. The van der Waals surface area contributed by atoms with Crippen LogP contribution in [-0.4, -0.2) is 37.0 Å². The van der Waals surface area contributed by atoms with E-state index in [1.54, 1.807) is 0 Å². The molecule has 3 aliphatic rings. The first-order valence-electron chi connectivity index (χ1n) is 8.26. The molecular formula is C16H28N2O. The van der Waals surface area contributed by atoms with Crippen molar-refractivity contribution in [3.8, 4) is 0 Å². The molecule has 3 rings (SSSR count). The van der Waals surface area contributed by atoms with Crippen molar-refractivity contribution in [2.45, 2.75) is 57.8 Å². The van der Waals surface area contributed by atoms with E-state index in [2.05, 4.69) is 10.2 Å². The van der Waals surface area contributed by atoms with Crippen molar-refractivity contribution in [1.82, 2.24) is 10.2 Å². The Labute approximate surface area is 117 Å². The van der Waals surface area contributed by atoms with Gasteiger partial charge >= 0.3 is 0 Å². The molecule has 2 saturated heterocycles. The van der Waals surface area contributed by atoms with E-state index in [0.717, 1.165) is 44.9 Å². The molecule has 19 heavy (non-hydrogen) atoms. The van der Waals surface area contributed by atoms with Crippen molar-refractivity contribution >= 4 is 5.91 Å². The zero-order chi connectivity index (χ0) is 13.1. The molecule has 1 aliphatic carbocycles. The second-order valence-electron chi connectivity index (χ2n) is 7.02. The number of hydrogen-bond acceptors (Lipinski definition) is 2. The second kappa shape index (κ2) is 5.82. The molecule has 3 heteroatoms. The molecule has 0 aromatic heterocycles. The minimum Gasteiger partial charge on any atom is -0.342 e. The van der Waals surface area contributed by atoms with E-state index in [0.29, 0.717) is 11.3 Å². The fraction of sp³-hybridized carbons (Fsp3) is 0.938. The van der Waals surface area contributed by atoms with Gasteiger partial charge in [0.1, 0.15) is 0 Å². The molecule has 1 atom stereocenters. The van der Waals surface area contributed by atoms with Gasteiger partial charge in [-0.1, -0.05) is 19.3 Å². The van der Waals surface area contributed by atoms with Gasteiger partial charge in [0.15, 0.2) is 0 Å². The van der Waals surface area contributed by atoms with Crippen LogP contribution >= 0.6 is 0 Å². The van der Waals surface area contributed by atoms with Crippen LogP contribution in [0.5, 0.6) is 0 Å². The topological polar surface area (TPSA) is 32.3 Å². The second-order valence-corrected chi connectivity index (χ2v) is 7.02. The molecule has 1 spiro atoms. The molecule has 108 valence electrons. The van der Waals surface area contributed by atoms with E-state index in [1.807, 2.05) is 0 Å². The number of carbonyl (C=O) groups is 1. The highest BCUT2D eigenvalue weighted by atomic mass is 16.2. The summed E-state index contributed by atoms with van der Waals surface area (Å²) in [5, 5.41) is 3.39. The highest BCUT2D eigenvalue weighted by molar-refractivity contribution is 5.76. The Morgan fingerprint density at radius 3 is 2.79 bits per heavy atom. The van der Waals surface area contributed by atoms with Crippen molar-refractivity contribution in [2.75, 3.05) is 26.2 Å². The van der Waals surface area contributed by atoms with Gasteiger partial charge in [-0.2, -0.15) is 0 Å². The van der Waals surface area contributed by atoms with Gasteiger partial charge in [-0.05, 0) is 56.5 Å². The molecule has 1 amide bonds. The fourth-order valence-electron chi connectivity index (χ4n) is 4.30. The minimum atomic E-state index is 0.425. The van der Waals surface area contributed by atoms with Crippen LogP contribution in [0.1, 0.15) is 57.8 Å². The van der Waals surface area contributed by atoms with Gasteiger partial charge in [0.05, 0.1) is 0 Å². The van der Waals surface area contributed by atoms with Crippen molar-refractivity contribution in [3.63, 3.8) is 0 Å². The third-order valence-corrected chi connectivity index (χ3v) is 5.63. The van der Waals surface area contributed by atoms with Gasteiger partial charge in [0, 0.05) is 19.5 Å². The van der Waals surface area contributed by atoms with E-state index in [9.17, 15) is 4.79 Å². The van der Waals surface area contributed by atoms with Crippen LogP contribution in [0.2, 0.25) is 0 Å². The zero-order valence-corrected chi connectivity index (χ0v) is 12.1. The molecule has 0 bridgehead atoms. The summed E-state index contributed by atoms with van der Waals surface area (Å²) in [5.41, 5.74) is 0.517. The maximum atomic E-state index is 12.3. The maximum absolute atomic E-state index is 12.3. The molecule has 0 aromatic rings. The van der Waals surface area contributed by atoms with Crippen LogP contribution in [0, 0.1) is 11.3 Å². The zero-order valence-electron chi connectivity index (χ0n) is 12.1. The van der Waals surface area contributed by atoms with Crippen molar-refractivity contribution < 1.29 is 4.79 Å². The molecule has 2 heterocycles. The highest BCUT2D eigenvalue weighted by Gasteiger charge is 2.40. The van der Waals surface area contributed by atoms with E-state index < -0.39 is 0 Å². The number of rotatable bonds is 3. The number of nitrogens with one attached hydrogen (secondary N) is 1. The first-order chi connectivity index (χ1) is 9.27. The standard InChI is InChI=1S/C16H28N2O/c19-15(5-4-14-6-10-17-12-14)18-11-9-16(13-18)7-2-1-3-8-16/h14,17H,1-13H2. The van der Waals surface area contributed by atoms with Gasteiger partial charge in [0.25, 0.3) is 0 Å². The molecular weight excluding hydrogens is 236 g/mol. The number of nitrogens with zero attached hydrogens (tertiary/aromatic N) is 1. The lowest BCUT2D eigenvalue weighted by molar-refractivity contribution is -0.131. The molecule has 1 unspecified atom stereocenters. The van der Waals surface area contributed by atoms with Crippen molar-refractivity contribution in [2.24, 2.45) is 11.3 Å². The number of amides is 1. The highest BCUT2D eigenvalue weighted by Crippen LogP contribution is 2.43. The molecule has 1 N–H and O–H groups in total. The van der Waals surface area contributed by atoms with Crippen LogP contribution in [0.4, 0.5) is 0 Å². The summed E-state index contributed by atoms with van der Waals surface area (Å²) in [4.78, 5) is 14.5. The summed E-state index contributed by atoms with van der Waals surface area (Å²) < 4.78 is 0. The first kappa shape index (κ1) is 13.4. The monoisotopic (exact) mass is 264 g/mol. The van der Waals surface area contributed by atoms with E-state index >= 15 is 0 Å². The third kappa shape index (κ3) is 3.13. The molecule has 0 radical (unpaired) electrons. The third-order valence-electron chi connectivity index (χ3n) is 5.63. The van der Waals surface area contributed by atoms with Gasteiger partial charge < -0.3 is 10.2 Å². The van der Waals surface area contributed by atoms with Gasteiger partial charge in [-0.3, -0.25) is 4.79 Å². The summed E-state index contributed by atoms with van der Waals surface area (Å²) >= 11 is 0. The van der Waals surface area contributed by atoms with Crippen LogP contribution in [0.25, 0.3) is 0 Å². The van der Waals surface area contributed by atoms with Crippen LogP contribution < -0.4 is 5.32 Å². The van der Waals surface area contributed by atoms with Crippen LogP contribution in [0.3, 0.4) is 0 Å². The predicted molar refractivity (Wildman–Crippen MR) is 76.9 cm³/mol. The number of likely N-dealkylation sites (tertiary alicyclic amines) is 1. The van der Waals surface area contributed by atoms with Crippen LogP contribution in [0.15, 0.2) is 0 Å². The Balaban J connectivity index is 1.45. The number of hydrogen-bond donors (Lipinski definition) is 1. The summed E-state index contributed by atoms with van der Waals surface area (Å²) in [7, 11) is 0. The molecule has 3 fully saturated rings. The van der Waals surface area contributed by atoms with E-state index in [1.165, 1.54) is 44.9 Å². The van der Waals surface area contributed by atoms with Crippen LogP contribution in [-0.2, 0) is 4.79 Å². The molecule has 2 aliphatic heterocycles. The Kier molecular flexibility index (Phi) is 4.11. The maximum Gasteiger partial charge on any atom is 0.222 e. The van der Waals surface area contributed by atoms with Crippen molar-refractivity contribution in [1.29, 1.82) is 0 Å². The van der Waals surface area contributed by atoms with Crippen molar-refractivity contribution in [3.05, 3.63) is 0 Å². The number of carbonyl (C=O) groups excluding carboxylic acids is 1. The summed E-state index contributed by atoms with van der Waals surface area (Å²) in [6.07, 6.45) is 11.3. The Hall–Kier alpha value is -0.570. The smallest absolute Gasteiger partial charge is 0.222 e. The lowest BCUT2D eigenvalue weighted by Crippen LogP contribution is -2.33. The summed E-state index contributed by atoms with van der Waals surface area (Å²) in [6.45, 7) is 4.36. The Morgan fingerprint density at radius 2 is 2.05 bits per heavy atom. The largest absolute Gasteiger partial charge is 0.342 e. The lowest BCUT2D eigenvalue weighted by Gasteiger charge is -2.33. The Morgan fingerprint density at radius 1 is 1.21 bits per heavy atom. The lowest BCUT2D eigenvalue weighted by atomic mass is 9.73. The quantitative estimate of drug-likeness (QED) is 0.849.